The molecule has 76 valence electrons. The minimum Gasteiger partial charge on any atom is -1.00 e. The van der Waals surface area contributed by atoms with Crippen molar-refractivity contribution in [3.63, 3.8) is 0 Å². The minimum atomic E-state index is 0. The van der Waals surface area contributed by atoms with Crippen LogP contribution in [0.1, 0.15) is 39.0 Å². The summed E-state index contributed by atoms with van der Waals surface area (Å²) in [5.41, 5.74) is 0. The lowest BCUT2D eigenvalue weighted by molar-refractivity contribution is -0.870. The van der Waals surface area contributed by atoms with Gasteiger partial charge in [0.2, 0.25) is 0 Å². The highest BCUT2D eigenvalue weighted by molar-refractivity contribution is 4.40. The number of quaternary nitrogens is 1. The molecule has 0 amide bonds. The van der Waals surface area contributed by atoms with Gasteiger partial charge < -0.3 is 28.5 Å². The Balaban J connectivity index is 0. The van der Waals surface area contributed by atoms with Gasteiger partial charge in [-0.3, -0.25) is 0 Å². The summed E-state index contributed by atoms with van der Waals surface area (Å²) in [6.45, 7) is 3.59. The van der Waals surface area contributed by atoms with Crippen LogP contribution in [0.4, 0.5) is 0 Å². The van der Waals surface area contributed by atoms with Gasteiger partial charge in [-0.05, 0) is 12.8 Å². The van der Waals surface area contributed by atoms with Gasteiger partial charge in [-0.2, -0.15) is 0 Å². The fourth-order valence-corrected chi connectivity index (χ4v) is 1.19. The topological polar surface area (TPSA) is 0 Å². The molecule has 2 heteroatoms. The molecule has 0 heterocycles. The van der Waals surface area contributed by atoms with Crippen LogP contribution in [0.2, 0.25) is 0 Å². The van der Waals surface area contributed by atoms with Crippen molar-refractivity contribution in [2.24, 2.45) is 0 Å². The Kier molecular flexibility index (Phi) is 10.5. The molecule has 0 bridgehead atoms. The smallest absolute Gasteiger partial charge is 0.0780 e. The van der Waals surface area contributed by atoms with Gasteiger partial charge in [-0.25, -0.2) is 0 Å². The zero-order valence-corrected chi connectivity index (χ0v) is 11.2. The summed E-state index contributed by atoms with van der Waals surface area (Å²) in [4.78, 5) is 0. The maximum Gasteiger partial charge on any atom is 0.0780 e. The van der Waals surface area contributed by atoms with E-state index in [4.69, 9.17) is 0 Å². The van der Waals surface area contributed by atoms with Gasteiger partial charge in [0.15, 0.2) is 0 Å². The van der Waals surface area contributed by atoms with Gasteiger partial charge in [-0.1, -0.05) is 26.2 Å². The highest BCUT2D eigenvalue weighted by Gasteiger charge is 2.04. The van der Waals surface area contributed by atoms with Crippen LogP contribution in [-0.2, 0) is 0 Å². The molecule has 0 fully saturated rings. The van der Waals surface area contributed by atoms with E-state index in [0.717, 1.165) is 4.48 Å². The van der Waals surface area contributed by atoms with E-state index in [0.29, 0.717) is 0 Å². The summed E-state index contributed by atoms with van der Waals surface area (Å²) in [6.07, 6.45) is 7.00. The Morgan fingerprint density at radius 1 is 0.833 bits per heavy atom. The van der Waals surface area contributed by atoms with Gasteiger partial charge in [0.1, 0.15) is 0 Å². The maximum atomic E-state index is 2.26. The quantitative estimate of drug-likeness (QED) is 0.356. The lowest BCUT2D eigenvalue weighted by Crippen LogP contribution is -3.00. The van der Waals surface area contributed by atoms with Crippen LogP contribution in [0.3, 0.4) is 0 Å². The van der Waals surface area contributed by atoms with E-state index in [1.807, 2.05) is 0 Å². The van der Waals surface area contributed by atoms with Crippen molar-refractivity contribution in [3.8, 4) is 0 Å². The van der Waals surface area contributed by atoms with Gasteiger partial charge in [0, 0.05) is 0 Å². The van der Waals surface area contributed by atoms with Crippen molar-refractivity contribution >= 4 is 0 Å². The molecule has 0 aromatic carbocycles. The van der Waals surface area contributed by atoms with E-state index in [9.17, 15) is 0 Å². The molecule has 0 aliphatic carbocycles. The average molecular weight is 285 g/mol. The van der Waals surface area contributed by atoms with Gasteiger partial charge in [0.25, 0.3) is 0 Å². The standard InChI is InChI=1S/C10H24N.HI/c1-5-6-7-8-9-10-11(2,3)4;/h5-10H2,1-4H3;1H/q+1;/p-1. The van der Waals surface area contributed by atoms with Crippen molar-refractivity contribution in [1.82, 2.24) is 0 Å². The van der Waals surface area contributed by atoms with Gasteiger partial charge in [0.05, 0.1) is 27.7 Å². The predicted octanol–water partition coefficient (Wildman–Crippen LogP) is -0.333. The Bertz CT molecular complexity index is 86.3. The first-order valence-corrected chi connectivity index (χ1v) is 4.86. The lowest BCUT2D eigenvalue weighted by atomic mass is 10.1. The summed E-state index contributed by atoms with van der Waals surface area (Å²) < 4.78 is 1.12. The predicted molar refractivity (Wildman–Crippen MR) is 51.7 cm³/mol. The molecule has 0 aliphatic rings. The van der Waals surface area contributed by atoms with Crippen molar-refractivity contribution in [1.29, 1.82) is 0 Å². The molecule has 0 rings (SSSR count). The molecule has 0 N–H and O–H groups in total. The fourth-order valence-electron chi connectivity index (χ4n) is 1.19. The van der Waals surface area contributed by atoms with Crippen LogP contribution >= 0.6 is 0 Å². The number of hydrogen-bond acceptors (Lipinski definition) is 0. The summed E-state index contributed by atoms with van der Waals surface area (Å²) in [5, 5.41) is 0. The second-order valence-corrected chi connectivity index (χ2v) is 4.43. The van der Waals surface area contributed by atoms with Crippen molar-refractivity contribution < 1.29 is 28.5 Å². The molecular weight excluding hydrogens is 261 g/mol. The van der Waals surface area contributed by atoms with E-state index >= 15 is 0 Å². The highest BCUT2D eigenvalue weighted by atomic mass is 127. The zero-order valence-electron chi connectivity index (χ0n) is 9.07. The highest BCUT2D eigenvalue weighted by Crippen LogP contribution is 2.04. The van der Waals surface area contributed by atoms with E-state index in [1.165, 1.54) is 38.6 Å². The number of rotatable bonds is 6. The summed E-state index contributed by atoms with van der Waals surface area (Å²) in [7, 11) is 6.79. The lowest BCUT2D eigenvalue weighted by Gasteiger charge is -2.23. The van der Waals surface area contributed by atoms with E-state index < -0.39 is 0 Å². The molecule has 0 radical (unpaired) electrons. The average Bonchev–Trinajstić information content (AvgIpc) is 1.85. The molecule has 0 saturated heterocycles. The second kappa shape index (κ2) is 8.30. The maximum absolute atomic E-state index is 2.26. The minimum absolute atomic E-state index is 0. The van der Waals surface area contributed by atoms with Crippen molar-refractivity contribution in [2.45, 2.75) is 39.0 Å². The SMILES string of the molecule is CCCCCCC[N+](C)(C)C.[I-]. The molecule has 0 atom stereocenters. The second-order valence-electron chi connectivity index (χ2n) is 4.43. The Morgan fingerprint density at radius 2 is 1.33 bits per heavy atom. The monoisotopic (exact) mass is 285 g/mol. The third-order valence-electron chi connectivity index (χ3n) is 1.93. The van der Waals surface area contributed by atoms with Crippen LogP contribution in [0.25, 0.3) is 0 Å². The first kappa shape index (κ1) is 15.2. The number of hydrogen-bond donors (Lipinski definition) is 0. The summed E-state index contributed by atoms with van der Waals surface area (Å²) in [6, 6.07) is 0. The summed E-state index contributed by atoms with van der Waals surface area (Å²) in [5.74, 6) is 0. The molecule has 0 spiro atoms. The Labute approximate surface area is 95.1 Å². The van der Waals surface area contributed by atoms with E-state index in [1.54, 1.807) is 0 Å². The van der Waals surface area contributed by atoms with Crippen LogP contribution in [-0.4, -0.2) is 32.2 Å². The first-order chi connectivity index (χ1) is 5.06. The molecule has 0 aromatic rings. The van der Waals surface area contributed by atoms with Crippen LogP contribution in [0.5, 0.6) is 0 Å². The van der Waals surface area contributed by atoms with Crippen molar-refractivity contribution in [2.75, 3.05) is 27.7 Å². The Morgan fingerprint density at radius 3 is 1.75 bits per heavy atom. The molecule has 0 aliphatic heterocycles. The third-order valence-corrected chi connectivity index (χ3v) is 1.93. The van der Waals surface area contributed by atoms with E-state index in [-0.39, 0.29) is 24.0 Å². The molecule has 0 saturated carbocycles. The van der Waals surface area contributed by atoms with Crippen LogP contribution in [0.15, 0.2) is 0 Å². The van der Waals surface area contributed by atoms with Gasteiger partial charge >= 0.3 is 0 Å². The van der Waals surface area contributed by atoms with Crippen LogP contribution < -0.4 is 24.0 Å². The third kappa shape index (κ3) is 13.3. The van der Waals surface area contributed by atoms with Gasteiger partial charge in [-0.15, -0.1) is 0 Å². The molecule has 12 heavy (non-hydrogen) atoms. The molecule has 1 nitrogen and oxygen atoms in total. The molecular formula is C10H24IN. The first-order valence-electron chi connectivity index (χ1n) is 4.86. The number of unbranched alkanes of at least 4 members (excludes halogenated alkanes) is 4. The summed E-state index contributed by atoms with van der Waals surface area (Å²) >= 11 is 0. The number of halogens is 1. The zero-order chi connectivity index (χ0) is 8.74. The molecule has 0 aromatic heterocycles. The largest absolute Gasteiger partial charge is 1.00 e. The Hall–Kier alpha value is 0.690. The van der Waals surface area contributed by atoms with Crippen LogP contribution in [0, 0.1) is 0 Å². The fraction of sp³-hybridized carbons (Fsp3) is 1.00. The normalized spacial score (nSPS) is 11.0. The molecule has 0 unspecified atom stereocenters. The number of nitrogens with zero attached hydrogens (tertiary/aromatic N) is 1. The van der Waals surface area contributed by atoms with E-state index in [2.05, 4.69) is 28.1 Å². The van der Waals surface area contributed by atoms with Crippen molar-refractivity contribution in [3.05, 3.63) is 0 Å².